The second kappa shape index (κ2) is 8.02. The van der Waals surface area contributed by atoms with Gasteiger partial charge in [0.05, 0.1) is 40.0 Å². The van der Waals surface area contributed by atoms with Crippen LogP contribution in [0.15, 0.2) is 30.3 Å². The van der Waals surface area contributed by atoms with Crippen molar-refractivity contribution in [3.63, 3.8) is 0 Å². The highest BCUT2D eigenvalue weighted by Crippen LogP contribution is 2.30. The molecule has 154 valence electrons. The molecule has 0 unspecified atom stereocenters. The van der Waals surface area contributed by atoms with Crippen LogP contribution < -0.4 is 19.1 Å². The van der Waals surface area contributed by atoms with Gasteiger partial charge in [-0.15, -0.1) is 0 Å². The summed E-state index contributed by atoms with van der Waals surface area (Å²) < 4.78 is 21.2. The second-order valence-corrected chi connectivity index (χ2v) is 6.94. The van der Waals surface area contributed by atoms with E-state index >= 15 is 0 Å². The molecule has 2 aromatic rings. The molecule has 29 heavy (non-hydrogen) atoms. The summed E-state index contributed by atoms with van der Waals surface area (Å²) in [6.07, 6.45) is 0.266. The molecule has 2 aliphatic rings. The zero-order chi connectivity index (χ0) is 20.4. The molecule has 0 N–H and O–H groups in total. The fourth-order valence-corrected chi connectivity index (χ4v) is 3.71. The van der Waals surface area contributed by atoms with E-state index in [1.54, 1.807) is 32.3 Å². The number of ether oxygens (including phenoxy) is 4. The lowest BCUT2D eigenvalue weighted by molar-refractivity contribution is 0.136. The van der Waals surface area contributed by atoms with Gasteiger partial charge in [-0.1, -0.05) is 12.1 Å². The molecule has 2 atom stereocenters. The second-order valence-electron chi connectivity index (χ2n) is 6.94. The van der Waals surface area contributed by atoms with Gasteiger partial charge in [0.25, 0.3) is 0 Å². The van der Waals surface area contributed by atoms with Gasteiger partial charge >= 0.3 is 6.09 Å². The number of benzene rings is 1. The highest BCUT2D eigenvalue weighted by molar-refractivity contribution is 5.71. The maximum Gasteiger partial charge on any atom is 0.410 e. The van der Waals surface area contributed by atoms with Crippen LogP contribution in [0.3, 0.4) is 0 Å². The Morgan fingerprint density at radius 2 is 1.72 bits per heavy atom. The minimum absolute atomic E-state index is 0.0402. The summed E-state index contributed by atoms with van der Waals surface area (Å²) in [6.45, 7) is 1.71. The molecular formula is C20H24N4O5. The lowest BCUT2D eigenvalue weighted by atomic mass is 10.1. The third-order valence-corrected chi connectivity index (χ3v) is 5.29. The molecule has 1 aromatic carbocycles. The van der Waals surface area contributed by atoms with Gasteiger partial charge in [0.1, 0.15) is 11.9 Å². The van der Waals surface area contributed by atoms with Gasteiger partial charge in [-0.25, -0.2) is 4.79 Å². The van der Waals surface area contributed by atoms with E-state index in [9.17, 15) is 4.79 Å². The number of hydrogen-bond acceptors (Lipinski definition) is 8. The van der Waals surface area contributed by atoms with E-state index in [0.717, 1.165) is 17.7 Å². The smallest absolute Gasteiger partial charge is 0.410 e. The minimum Gasteiger partial charge on any atom is -0.497 e. The maximum absolute atomic E-state index is 12.3. The molecule has 0 aliphatic carbocycles. The number of aromatic nitrogens is 2. The van der Waals surface area contributed by atoms with Crippen molar-refractivity contribution in [2.24, 2.45) is 0 Å². The summed E-state index contributed by atoms with van der Waals surface area (Å²) in [5.41, 5.74) is 1.14. The van der Waals surface area contributed by atoms with Crippen molar-refractivity contribution < 1.29 is 23.7 Å². The predicted molar refractivity (Wildman–Crippen MR) is 105 cm³/mol. The molecule has 2 saturated heterocycles. The Bertz CT molecular complexity index is 853. The maximum atomic E-state index is 12.3. The molecule has 4 rings (SSSR count). The summed E-state index contributed by atoms with van der Waals surface area (Å²) in [4.78, 5) is 24.9. The summed E-state index contributed by atoms with van der Waals surface area (Å²) >= 11 is 0. The highest BCUT2D eigenvalue weighted by atomic mass is 16.6. The number of methoxy groups -OCH3 is 3. The van der Waals surface area contributed by atoms with Crippen LogP contribution in [0.25, 0.3) is 0 Å². The normalized spacial score (nSPS) is 20.4. The number of carbonyl (C=O) groups excluding carboxylic acids is 1. The minimum atomic E-state index is -0.266. The summed E-state index contributed by atoms with van der Waals surface area (Å²) in [6, 6.07) is 9.45. The van der Waals surface area contributed by atoms with Crippen molar-refractivity contribution in [2.75, 3.05) is 45.9 Å². The molecular weight excluding hydrogens is 376 g/mol. The van der Waals surface area contributed by atoms with E-state index in [1.165, 1.54) is 0 Å². The van der Waals surface area contributed by atoms with Gasteiger partial charge in [0.2, 0.25) is 17.7 Å². The summed E-state index contributed by atoms with van der Waals surface area (Å²) in [5.74, 6) is 2.17. The number of carbonyl (C=O) groups is 1. The van der Waals surface area contributed by atoms with Crippen LogP contribution in [-0.2, 0) is 11.2 Å². The Kier molecular flexibility index (Phi) is 5.28. The molecule has 0 saturated carbocycles. The first kappa shape index (κ1) is 19.1. The summed E-state index contributed by atoms with van der Waals surface area (Å²) in [5, 5.41) is 0. The SMILES string of the molecule is COc1ccc(CCN2C(=O)O[C@H]3CN(c4nc(OC)cc(OC)n4)C[C@H]32)cc1. The molecule has 1 aromatic heterocycles. The number of nitrogens with zero attached hydrogens (tertiary/aromatic N) is 4. The molecule has 1 amide bonds. The largest absolute Gasteiger partial charge is 0.497 e. The van der Waals surface area contributed by atoms with Gasteiger partial charge in [0, 0.05) is 13.1 Å². The van der Waals surface area contributed by atoms with Crippen LogP contribution in [-0.4, -0.2) is 74.1 Å². The van der Waals surface area contributed by atoms with Crippen LogP contribution >= 0.6 is 0 Å². The fraction of sp³-hybridized carbons (Fsp3) is 0.450. The van der Waals surface area contributed by atoms with Gasteiger partial charge in [-0.3, -0.25) is 4.90 Å². The molecule has 9 heteroatoms. The Labute approximate surface area is 169 Å². The number of fused-ring (bicyclic) bond motifs is 1. The van der Waals surface area contributed by atoms with Crippen molar-refractivity contribution >= 4 is 12.0 Å². The van der Waals surface area contributed by atoms with Gasteiger partial charge in [0.15, 0.2) is 0 Å². The molecule has 9 nitrogen and oxygen atoms in total. The zero-order valence-corrected chi connectivity index (χ0v) is 16.7. The first-order valence-electron chi connectivity index (χ1n) is 9.43. The van der Waals surface area contributed by atoms with E-state index in [0.29, 0.717) is 37.3 Å². The number of amides is 1. The monoisotopic (exact) mass is 400 g/mol. The van der Waals surface area contributed by atoms with Crippen LogP contribution in [0.2, 0.25) is 0 Å². The quantitative estimate of drug-likeness (QED) is 0.695. The third-order valence-electron chi connectivity index (χ3n) is 5.29. The molecule has 3 heterocycles. The van der Waals surface area contributed by atoms with E-state index in [2.05, 4.69) is 9.97 Å². The Morgan fingerprint density at radius 1 is 1.03 bits per heavy atom. The number of hydrogen-bond donors (Lipinski definition) is 0. The molecule has 0 radical (unpaired) electrons. The molecule has 2 aliphatic heterocycles. The Morgan fingerprint density at radius 3 is 2.34 bits per heavy atom. The lowest BCUT2D eigenvalue weighted by Crippen LogP contribution is -2.39. The van der Waals surface area contributed by atoms with Crippen molar-refractivity contribution in [1.82, 2.24) is 14.9 Å². The standard InChI is InChI=1S/C20H24N4O5/c1-26-14-6-4-13(5-7-14)8-9-24-15-11-23(12-16(15)29-20(24)25)19-21-17(27-2)10-18(22-19)28-3/h4-7,10,15-16H,8-9,11-12H2,1-3H3/t15-,16+/m1/s1. The van der Waals surface area contributed by atoms with E-state index in [4.69, 9.17) is 18.9 Å². The van der Waals surface area contributed by atoms with Crippen molar-refractivity contribution in [3.05, 3.63) is 35.9 Å². The average molecular weight is 400 g/mol. The average Bonchev–Trinajstić information content (AvgIpc) is 3.29. The van der Waals surface area contributed by atoms with Crippen molar-refractivity contribution in [2.45, 2.75) is 18.6 Å². The predicted octanol–water partition coefficient (Wildman–Crippen LogP) is 1.75. The van der Waals surface area contributed by atoms with Gasteiger partial charge in [-0.05, 0) is 24.1 Å². The molecule has 0 bridgehead atoms. The van der Waals surface area contributed by atoms with Crippen LogP contribution in [0, 0.1) is 0 Å². The third kappa shape index (κ3) is 3.85. The molecule has 2 fully saturated rings. The van der Waals surface area contributed by atoms with Crippen LogP contribution in [0.1, 0.15) is 5.56 Å². The number of rotatable bonds is 7. The molecule has 0 spiro atoms. The topological polar surface area (TPSA) is 86.2 Å². The van der Waals surface area contributed by atoms with Gasteiger partial charge in [-0.2, -0.15) is 9.97 Å². The first-order chi connectivity index (χ1) is 14.1. The lowest BCUT2D eigenvalue weighted by Gasteiger charge is -2.22. The highest BCUT2D eigenvalue weighted by Gasteiger charge is 2.48. The Hall–Kier alpha value is -3.23. The van der Waals surface area contributed by atoms with Gasteiger partial charge < -0.3 is 23.8 Å². The van der Waals surface area contributed by atoms with Crippen LogP contribution in [0.4, 0.5) is 10.7 Å². The first-order valence-corrected chi connectivity index (χ1v) is 9.43. The van der Waals surface area contributed by atoms with E-state index in [-0.39, 0.29) is 18.2 Å². The summed E-state index contributed by atoms with van der Waals surface area (Å²) in [7, 11) is 4.74. The zero-order valence-electron chi connectivity index (χ0n) is 16.7. The number of anilines is 1. The van der Waals surface area contributed by atoms with Crippen LogP contribution in [0.5, 0.6) is 17.5 Å². The van der Waals surface area contributed by atoms with Crippen molar-refractivity contribution in [3.8, 4) is 17.5 Å². The Balaban J connectivity index is 1.44. The fourth-order valence-electron chi connectivity index (χ4n) is 3.71. The van der Waals surface area contributed by atoms with Crippen molar-refractivity contribution in [1.29, 1.82) is 0 Å². The van der Waals surface area contributed by atoms with E-state index in [1.807, 2.05) is 29.2 Å². The van der Waals surface area contributed by atoms with E-state index < -0.39 is 0 Å².